The van der Waals surface area contributed by atoms with E-state index in [1.165, 1.54) is 19.4 Å². The zero-order valence-corrected chi connectivity index (χ0v) is 19.6. The molecule has 2 aromatic heterocycles. The van der Waals surface area contributed by atoms with Crippen LogP contribution in [0.1, 0.15) is 47.7 Å². The SMILES string of the molecule is COc1cccc(F)c1-c1nccc2c1CN(c1cc(C(C)C)cc(N3CCC(N)C3)n1)C2=O. The highest BCUT2D eigenvalue weighted by Gasteiger charge is 2.34. The van der Waals surface area contributed by atoms with Crippen LogP contribution in [0.15, 0.2) is 42.6 Å². The average molecular weight is 462 g/mol. The van der Waals surface area contributed by atoms with Gasteiger partial charge in [-0.25, -0.2) is 9.37 Å². The minimum Gasteiger partial charge on any atom is -0.496 e. The Balaban J connectivity index is 1.58. The number of anilines is 2. The van der Waals surface area contributed by atoms with Gasteiger partial charge < -0.3 is 15.4 Å². The van der Waals surface area contributed by atoms with E-state index in [4.69, 9.17) is 15.5 Å². The second-order valence-electron chi connectivity index (χ2n) is 9.16. The lowest BCUT2D eigenvalue weighted by atomic mass is 10.0. The first-order valence-corrected chi connectivity index (χ1v) is 11.5. The molecule has 1 atom stereocenters. The molecule has 1 amide bonds. The number of ether oxygens (including phenoxy) is 1. The number of amides is 1. The molecule has 0 radical (unpaired) electrons. The summed E-state index contributed by atoms with van der Waals surface area (Å²) in [5, 5.41) is 0. The monoisotopic (exact) mass is 461 g/mol. The molecule has 2 N–H and O–H groups in total. The summed E-state index contributed by atoms with van der Waals surface area (Å²) < 4.78 is 20.3. The standard InChI is InChI=1S/C26H28FN5O2/c1-15(2)16-11-22(31-10-8-17(28)13-31)30-23(12-16)32-14-19-18(26(32)33)7-9-29-25(19)24-20(27)5-4-6-21(24)34-3/h4-7,9,11-12,15,17H,8,10,13-14,28H2,1-3H3. The fourth-order valence-corrected chi connectivity index (χ4v) is 4.68. The first kappa shape index (κ1) is 22.3. The molecule has 0 bridgehead atoms. The van der Waals surface area contributed by atoms with Crippen molar-refractivity contribution in [3.63, 3.8) is 0 Å². The van der Waals surface area contributed by atoms with Crippen LogP contribution >= 0.6 is 0 Å². The smallest absolute Gasteiger partial charge is 0.260 e. The summed E-state index contributed by atoms with van der Waals surface area (Å²) in [5.74, 6) is 1.42. The van der Waals surface area contributed by atoms with Crippen molar-refractivity contribution in [3.05, 3.63) is 65.1 Å². The van der Waals surface area contributed by atoms with E-state index in [9.17, 15) is 9.18 Å². The number of fused-ring (bicyclic) bond motifs is 1. The lowest BCUT2D eigenvalue weighted by Gasteiger charge is -2.23. The van der Waals surface area contributed by atoms with Crippen molar-refractivity contribution < 1.29 is 13.9 Å². The lowest BCUT2D eigenvalue weighted by molar-refractivity contribution is 0.0996. The van der Waals surface area contributed by atoms with E-state index in [0.29, 0.717) is 28.4 Å². The molecule has 4 heterocycles. The molecule has 7 nitrogen and oxygen atoms in total. The van der Waals surface area contributed by atoms with Gasteiger partial charge in [0.1, 0.15) is 23.2 Å². The van der Waals surface area contributed by atoms with Crippen LogP contribution in [0.3, 0.4) is 0 Å². The van der Waals surface area contributed by atoms with Gasteiger partial charge in [-0.05, 0) is 48.2 Å². The summed E-state index contributed by atoms with van der Waals surface area (Å²) in [5.41, 5.74) is 9.05. The van der Waals surface area contributed by atoms with Crippen LogP contribution in [-0.4, -0.2) is 42.1 Å². The van der Waals surface area contributed by atoms with Crippen molar-refractivity contribution in [2.75, 3.05) is 30.0 Å². The number of aromatic nitrogens is 2. The molecule has 2 aliphatic heterocycles. The predicted molar refractivity (Wildman–Crippen MR) is 130 cm³/mol. The van der Waals surface area contributed by atoms with E-state index < -0.39 is 5.82 Å². The van der Waals surface area contributed by atoms with Gasteiger partial charge in [0, 0.05) is 36.5 Å². The molecule has 34 heavy (non-hydrogen) atoms. The number of rotatable bonds is 5. The van der Waals surface area contributed by atoms with Gasteiger partial charge in [-0.3, -0.25) is 14.7 Å². The average Bonchev–Trinajstić information content (AvgIpc) is 3.42. The van der Waals surface area contributed by atoms with Gasteiger partial charge in [0.15, 0.2) is 0 Å². The summed E-state index contributed by atoms with van der Waals surface area (Å²) in [6.45, 7) is 6.06. The number of benzene rings is 1. The van der Waals surface area contributed by atoms with Crippen LogP contribution < -0.4 is 20.3 Å². The normalized spacial score (nSPS) is 17.6. The number of nitrogens with two attached hydrogens (primary N) is 1. The fraction of sp³-hybridized carbons (Fsp3) is 0.346. The number of hydrogen-bond acceptors (Lipinski definition) is 6. The fourth-order valence-electron chi connectivity index (χ4n) is 4.68. The van der Waals surface area contributed by atoms with Crippen molar-refractivity contribution in [1.82, 2.24) is 9.97 Å². The second kappa shape index (κ2) is 8.68. The number of pyridine rings is 2. The molecule has 0 saturated carbocycles. The Kier molecular flexibility index (Phi) is 5.69. The van der Waals surface area contributed by atoms with E-state index in [1.54, 1.807) is 23.1 Å². The topological polar surface area (TPSA) is 84.6 Å². The Morgan fingerprint density at radius 1 is 1.21 bits per heavy atom. The van der Waals surface area contributed by atoms with Crippen LogP contribution in [0.2, 0.25) is 0 Å². The summed E-state index contributed by atoms with van der Waals surface area (Å²) in [7, 11) is 1.49. The number of methoxy groups -OCH3 is 1. The quantitative estimate of drug-likeness (QED) is 0.616. The first-order chi connectivity index (χ1) is 16.4. The van der Waals surface area contributed by atoms with Crippen LogP contribution in [-0.2, 0) is 6.54 Å². The summed E-state index contributed by atoms with van der Waals surface area (Å²) >= 11 is 0. The molecule has 1 saturated heterocycles. The van der Waals surface area contributed by atoms with Gasteiger partial charge in [-0.2, -0.15) is 0 Å². The summed E-state index contributed by atoms with van der Waals surface area (Å²) in [6, 6.07) is 10.5. The third-order valence-electron chi connectivity index (χ3n) is 6.59. The number of hydrogen-bond donors (Lipinski definition) is 1. The molecule has 1 aromatic carbocycles. The van der Waals surface area contributed by atoms with Crippen molar-refractivity contribution in [3.8, 4) is 17.0 Å². The molecule has 5 rings (SSSR count). The predicted octanol–water partition coefficient (Wildman–Crippen LogP) is 4.11. The Labute approximate surface area is 198 Å². The van der Waals surface area contributed by atoms with E-state index in [2.05, 4.69) is 29.8 Å². The van der Waals surface area contributed by atoms with Crippen LogP contribution in [0.4, 0.5) is 16.0 Å². The third-order valence-corrected chi connectivity index (χ3v) is 6.59. The van der Waals surface area contributed by atoms with Gasteiger partial charge in [-0.1, -0.05) is 19.9 Å². The molecule has 2 aliphatic rings. The molecule has 0 spiro atoms. The zero-order chi connectivity index (χ0) is 24.0. The lowest BCUT2D eigenvalue weighted by Crippen LogP contribution is -2.28. The van der Waals surface area contributed by atoms with Crippen molar-refractivity contribution in [1.29, 1.82) is 0 Å². The Hall–Kier alpha value is -3.52. The van der Waals surface area contributed by atoms with Crippen molar-refractivity contribution in [2.24, 2.45) is 5.73 Å². The maximum atomic E-state index is 14.9. The molecule has 1 fully saturated rings. The van der Waals surface area contributed by atoms with E-state index in [-0.39, 0.29) is 30.0 Å². The maximum absolute atomic E-state index is 14.9. The molecule has 1 unspecified atom stereocenters. The largest absolute Gasteiger partial charge is 0.496 e. The van der Waals surface area contributed by atoms with Gasteiger partial charge >= 0.3 is 0 Å². The summed E-state index contributed by atoms with van der Waals surface area (Å²) in [4.78, 5) is 26.6. The molecule has 0 aliphatic carbocycles. The number of carbonyl (C=O) groups is 1. The summed E-state index contributed by atoms with van der Waals surface area (Å²) in [6.07, 6.45) is 2.45. The Bertz CT molecular complexity index is 1260. The zero-order valence-electron chi connectivity index (χ0n) is 19.6. The highest BCUT2D eigenvalue weighted by atomic mass is 19.1. The van der Waals surface area contributed by atoms with Crippen molar-refractivity contribution >= 4 is 17.5 Å². The van der Waals surface area contributed by atoms with Gasteiger partial charge in [0.05, 0.1) is 24.9 Å². The minimum atomic E-state index is -0.446. The highest BCUT2D eigenvalue weighted by molar-refractivity contribution is 6.10. The molecular formula is C26H28FN5O2. The Morgan fingerprint density at radius 3 is 2.71 bits per heavy atom. The highest BCUT2D eigenvalue weighted by Crippen LogP contribution is 2.39. The van der Waals surface area contributed by atoms with Crippen LogP contribution in [0.5, 0.6) is 5.75 Å². The third kappa shape index (κ3) is 3.77. The molecule has 3 aromatic rings. The van der Waals surface area contributed by atoms with E-state index in [1.807, 2.05) is 6.07 Å². The molecule has 176 valence electrons. The van der Waals surface area contributed by atoms with Gasteiger partial charge in [0.2, 0.25) is 0 Å². The van der Waals surface area contributed by atoms with Gasteiger partial charge in [-0.15, -0.1) is 0 Å². The van der Waals surface area contributed by atoms with E-state index >= 15 is 0 Å². The Morgan fingerprint density at radius 2 is 2.00 bits per heavy atom. The molecular weight excluding hydrogens is 433 g/mol. The first-order valence-electron chi connectivity index (χ1n) is 11.5. The number of halogens is 1. The molecule has 8 heteroatoms. The second-order valence-corrected chi connectivity index (χ2v) is 9.16. The number of nitrogens with zero attached hydrogens (tertiary/aromatic N) is 4. The number of carbonyl (C=O) groups excluding carboxylic acids is 1. The van der Waals surface area contributed by atoms with Crippen molar-refractivity contribution in [2.45, 2.75) is 38.8 Å². The van der Waals surface area contributed by atoms with Crippen LogP contribution in [0, 0.1) is 5.82 Å². The minimum absolute atomic E-state index is 0.120. The van der Waals surface area contributed by atoms with Crippen LogP contribution in [0.25, 0.3) is 11.3 Å². The van der Waals surface area contributed by atoms with Gasteiger partial charge in [0.25, 0.3) is 5.91 Å². The maximum Gasteiger partial charge on any atom is 0.260 e. The van der Waals surface area contributed by atoms with E-state index in [0.717, 1.165) is 30.9 Å².